The Balaban J connectivity index is 2.52. The van der Waals surface area contributed by atoms with Crippen molar-refractivity contribution >= 4 is 0 Å². The Morgan fingerprint density at radius 2 is 2.00 bits per heavy atom. The second-order valence-corrected chi connectivity index (χ2v) is 2.78. The lowest BCUT2D eigenvalue weighted by Crippen LogP contribution is -2.05. The Hall–Kier alpha value is -1.08. The third-order valence-electron chi connectivity index (χ3n) is 1.70. The van der Waals surface area contributed by atoms with Gasteiger partial charge in [0.05, 0.1) is 6.10 Å². The van der Waals surface area contributed by atoms with Crippen LogP contribution in [-0.4, -0.2) is 11.2 Å². The zero-order chi connectivity index (χ0) is 8.81. The summed E-state index contributed by atoms with van der Waals surface area (Å²) in [5, 5.41) is 9.42. The van der Waals surface area contributed by atoms with Crippen LogP contribution in [0.25, 0.3) is 0 Å². The summed E-state index contributed by atoms with van der Waals surface area (Å²) >= 11 is 0. The molecule has 0 bridgehead atoms. The number of benzene rings is 1. The van der Waals surface area contributed by atoms with Gasteiger partial charge < -0.3 is 5.11 Å². The van der Waals surface area contributed by atoms with Crippen molar-refractivity contribution in [3.05, 3.63) is 48.0 Å². The number of aliphatic hydroxyl groups excluding tert-OH is 1. The Bertz CT molecular complexity index is 238. The number of hydrogen-bond donors (Lipinski definition) is 1. The number of aliphatic hydroxyl groups is 1. The number of allylic oxidation sites excluding steroid dienone is 1. The molecule has 1 rings (SSSR count). The Kier molecular flexibility index (Phi) is 3.55. The standard InChI is InChI=1S/C11H14O/c1-2-6-11(12)9-10-7-4-3-5-8-10/h2-8,11-12H,9H2,1H3/b6-2+/t11-/m1/s1. The monoisotopic (exact) mass is 162 g/mol. The zero-order valence-corrected chi connectivity index (χ0v) is 7.27. The minimum Gasteiger partial charge on any atom is -0.389 e. The van der Waals surface area contributed by atoms with E-state index in [9.17, 15) is 5.11 Å². The van der Waals surface area contributed by atoms with Gasteiger partial charge in [-0.05, 0) is 12.5 Å². The lowest BCUT2D eigenvalue weighted by atomic mass is 10.1. The second-order valence-electron chi connectivity index (χ2n) is 2.78. The van der Waals surface area contributed by atoms with E-state index < -0.39 is 0 Å². The van der Waals surface area contributed by atoms with Gasteiger partial charge in [-0.2, -0.15) is 0 Å². The first kappa shape index (κ1) is 9.01. The summed E-state index contributed by atoms with van der Waals surface area (Å²) in [5.41, 5.74) is 1.17. The van der Waals surface area contributed by atoms with E-state index in [2.05, 4.69) is 0 Å². The molecule has 1 nitrogen and oxygen atoms in total. The van der Waals surface area contributed by atoms with E-state index in [1.807, 2.05) is 43.3 Å². The summed E-state index contributed by atoms with van der Waals surface area (Å²) in [7, 11) is 0. The highest BCUT2D eigenvalue weighted by Gasteiger charge is 1.98. The van der Waals surface area contributed by atoms with Crippen molar-refractivity contribution in [2.75, 3.05) is 0 Å². The van der Waals surface area contributed by atoms with Crippen LogP contribution in [0.1, 0.15) is 12.5 Å². The van der Waals surface area contributed by atoms with Gasteiger partial charge in [-0.25, -0.2) is 0 Å². The lowest BCUT2D eigenvalue weighted by molar-refractivity contribution is 0.224. The van der Waals surface area contributed by atoms with Gasteiger partial charge in [0.1, 0.15) is 0 Å². The second kappa shape index (κ2) is 4.73. The number of hydrogen-bond acceptors (Lipinski definition) is 1. The predicted molar refractivity (Wildman–Crippen MR) is 51.0 cm³/mol. The van der Waals surface area contributed by atoms with Gasteiger partial charge in [-0.15, -0.1) is 0 Å². The summed E-state index contributed by atoms with van der Waals surface area (Å²) in [6, 6.07) is 9.99. The molecule has 0 spiro atoms. The normalized spacial score (nSPS) is 13.5. The summed E-state index contributed by atoms with van der Waals surface area (Å²) in [4.78, 5) is 0. The van der Waals surface area contributed by atoms with Gasteiger partial charge >= 0.3 is 0 Å². The maximum Gasteiger partial charge on any atom is 0.0761 e. The molecule has 0 fully saturated rings. The van der Waals surface area contributed by atoms with Gasteiger partial charge in [-0.3, -0.25) is 0 Å². The van der Waals surface area contributed by atoms with Crippen LogP contribution in [0.2, 0.25) is 0 Å². The summed E-state index contributed by atoms with van der Waals surface area (Å²) in [5.74, 6) is 0. The molecule has 1 aromatic carbocycles. The maximum absolute atomic E-state index is 9.42. The van der Waals surface area contributed by atoms with Crippen LogP contribution in [0.15, 0.2) is 42.5 Å². The quantitative estimate of drug-likeness (QED) is 0.675. The molecular formula is C11H14O. The summed E-state index contributed by atoms with van der Waals surface area (Å²) in [6.45, 7) is 1.91. The smallest absolute Gasteiger partial charge is 0.0761 e. The van der Waals surface area contributed by atoms with E-state index in [0.29, 0.717) is 6.42 Å². The third-order valence-corrected chi connectivity index (χ3v) is 1.70. The molecule has 1 heteroatoms. The molecule has 0 saturated carbocycles. The fraction of sp³-hybridized carbons (Fsp3) is 0.273. The minimum atomic E-state index is -0.350. The maximum atomic E-state index is 9.42. The highest BCUT2D eigenvalue weighted by molar-refractivity contribution is 5.16. The Morgan fingerprint density at radius 1 is 1.33 bits per heavy atom. The molecule has 0 aliphatic heterocycles. The minimum absolute atomic E-state index is 0.350. The van der Waals surface area contributed by atoms with Gasteiger partial charge in [0.25, 0.3) is 0 Å². The topological polar surface area (TPSA) is 20.2 Å². The summed E-state index contributed by atoms with van der Waals surface area (Å²) in [6.07, 6.45) is 4.02. The van der Waals surface area contributed by atoms with Gasteiger partial charge in [0.15, 0.2) is 0 Å². The van der Waals surface area contributed by atoms with Crippen LogP contribution < -0.4 is 0 Å². The van der Waals surface area contributed by atoms with E-state index in [0.717, 1.165) is 0 Å². The molecular weight excluding hydrogens is 148 g/mol. The zero-order valence-electron chi connectivity index (χ0n) is 7.27. The van der Waals surface area contributed by atoms with Gasteiger partial charge in [-0.1, -0.05) is 42.5 Å². The van der Waals surface area contributed by atoms with Crippen LogP contribution in [0, 0.1) is 0 Å². The van der Waals surface area contributed by atoms with Crippen molar-refractivity contribution < 1.29 is 5.11 Å². The fourth-order valence-electron chi connectivity index (χ4n) is 1.15. The van der Waals surface area contributed by atoms with Crippen LogP contribution in [0.4, 0.5) is 0 Å². The third kappa shape index (κ3) is 2.89. The van der Waals surface area contributed by atoms with E-state index >= 15 is 0 Å². The molecule has 0 aliphatic rings. The molecule has 1 atom stereocenters. The molecule has 0 aliphatic carbocycles. The Morgan fingerprint density at radius 3 is 2.58 bits per heavy atom. The molecule has 0 heterocycles. The van der Waals surface area contributed by atoms with Crippen molar-refractivity contribution in [1.82, 2.24) is 0 Å². The van der Waals surface area contributed by atoms with Crippen LogP contribution in [0.5, 0.6) is 0 Å². The van der Waals surface area contributed by atoms with Crippen molar-refractivity contribution in [3.8, 4) is 0 Å². The average molecular weight is 162 g/mol. The van der Waals surface area contributed by atoms with Gasteiger partial charge in [0, 0.05) is 6.42 Å². The van der Waals surface area contributed by atoms with Crippen molar-refractivity contribution in [2.45, 2.75) is 19.4 Å². The first-order valence-corrected chi connectivity index (χ1v) is 4.17. The molecule has 0 unspecified atom stereocenters. The molecule has 0 aromatic heterocycles. The van der Waals surface area contributed by atoms with Gasteiger partial charge in [0.2, 0.25) is 0 Å². The molecule has 12 heavy (non-hydrogen) atoms. The molecule has 0 amide bonds. The van der Waals surface area contributed by atoms with E-state index in [-0.39, 0.29) is 6.10 Å². The fourth-order valence-corrected chi connectivity index (χ4v) is 1.15. The SMILES string of the molecule is C/C=C/[C@@H](O)Cc1ccccc1. The number of rotatable bonds is 3. The van der Waals surface area contributed by atoms with E-state index in [1.165, 1.54) is 5.56 Å². The van der Waals surface area contributed by atoms with Crippen molar-refractivity contribution in [1.29, 1.82) is 0 Å². The van der Waals surface area contributed by atoms with E-state index in [1.54, 1.807) is 6.08 Å². The van der Waals surface area contributed by atoms with E-state index in [4.69, 9.17) is 0 Å². The Labute approximate surface area is 73.4 Å². The molecule has 1 aromatic rings. The summed E-state index contributed by atoms with van der Waals surface area (Å²) < 4.78 is 0. The predicted octanol–water partition coefficient (Wildman–Crippen LogP) is 2.17. The first-order valence-electron chi connectivity index (χ1n) is 4.17. The van der Waals surface area contributed by atoms with Crippen molar-refractivity contribution in [3.63, 3.8) is 0 Å². The first-order chi connectivity index (χ1) is 5.83. The van der Waals surface area contributed by atoms with Crippen molar-refractivity contribution in [2.24, 2.45) is 0 Å². The van der Waals surface area contributed by atoms with Crippen LogP contribution in [-0.2, 0) is 6.42 Å². The molecule has 64 valence electrons. The molecule has 0 radical (unpaired) electrons. The average Bonchev–Trinajstić information content (AvgIpc) is 2.06. The molecule has 1 N–H and O–H groups in total. The molecule has 0 saturated heterocycles. The van der Waals surface area contributed by atoms with Crippen LogP contribution in [0.3, 0.4) is 0 Å². The highest BCUT2D eigenvalue weighted by atomic mass is 16.3. The van der Waals surface area contributed by atoms with Crippen LogP contribution >= 0.6 is 0 Å². The lowest BCUT2D eigenvalue weighted by Gasteiger charge is -2.04. The largest absolute Gasteiger partial charge is 0.389 e. The highest BCUT2D eigenvalue weighted by Crippen LogP contribution is 2.03.